The Kier molecular flexibility index (Phi) is 8.04. The second-order valence-corrected chi connectivity index (χ2v) is 7.70. The Balaban J connectivity index is 1.69. The van der Waals surface area contributed by atoms with Crippen LogP contribution in [0.2, 0.25) is 0 Å². The molecule has 1 atom stereocenters. The number of hydrogen-bond acceptors (Lipinski definition) is 6. The number of nitrogens with one attached hydrogen (secondary N) is 1. The SMILES string of the molecule is Cc1c(Sc2ccccc2)n(CO[C@@H](CO)COCc2ccccc2)c(=O)[nH]c1=O. The minimum atomic E-state index is -0.609. The highest BCUT2D eigenvalue weighted by Crippen LogP contribution is 2.27. The van der Waals surface area contributed by atoms with Crippen molar-refractivity contribution in [1.82, 2.24) is 9.55 Å². The Morgan fingerprint density at radius 1 is 1.07 bits per heavy atom. The molecule has 1 aromatic heterocycles. The first-order chi connectivity index (χ1) is 14.6. The fourth-order valence-electron chi connectivity index (χ4n) is 2.72. The summed E-state index contributed by atoms with van der Waals surface area (Å²) in [5.74, 6) is 0. The summed E-state index contributed by atoms with van der Waals surface area (Å²) in [6, 6.07) is 19.1. The third-order valence-electron chi connectivity index (χ3n) is 4.39. The average molecular weight is 429 g/mol. The molecular weight excluding hydrogens is 404 g/mol. The van der Waals surface area contributed by atoms with Crippen molar-refractivity contribution in [3.8, 4) is 0 Å². The zero-order valence-corrected chi connectivity index (χ0v) is 17.4. The van der Waals surface area contributed by atoms with Gasteiger partial charge in [0.2, 0.25) is 0 Å². The lowest BCUT2D eigenvalue weighted by molar-refractivity contribution is -0.0737. The number of nitrogens with zero attached hydrogens (tertiary/aromatic N) is 1. The van der Waals surface area contributed by atoms with Crippen LogP contribution in [0.1, 0.15) is 11.1 Å². The van der Waals surface area contributed by atoms with Crippen molar-refractivity contribution in [1.29, 1.82) is 0 Å². The monoisotopic (exact) mass is 428 g/mol. The van der Waals surface area contributed by atoms with Gasteiger partial charge in [0.15, 0.2) is 0 Å². The predicted octanol–water partition coefficient (Wildman–Crippen LogP) is 2.55. The van der Waals surface area contributed by atoms with Crippen molar-refractivity contribution < 1.29 is 14.6 Å². The summed E-state index contributed by atoms with van der Waals surface area (Å²) in [6.45, 7) is 1.85. The van der Waals surface area contributed by atoms with E-state index in [0.29, 0.717) is 17.2 Å². The van der Waals surface area contributed by atoms with E-state index in [1.54, 1.807) is 6.92 Å². The van der Waals surface area contributed by atoms with Crippen LogP contribution in [-0.2, 0) is 22.8 Å². The number of aliphatic hydroxyl groups is 1. The zero-order chi connectivity index (χ0) is 21.3. The number of hydrogen-bond donors (Lipinski definition) is 2. The standard InChI is InChI=1S/C22H24N2O5S/c1-16-20(26)23-22(27)24(21(16)30-19-10-6-3-7-11-19)15-29-18(12-25)14-28-13-17-8-4-2-5-9-17/h2-11,18,25H,12-15H2,1H3,(H,23,26,27)/t18-/m0/s1. The van der Waals surface area contributed by atoms with E-state index in [0.717, 1.165) is 10.5 Å². The third kappa shape index (κ3) is 5.93. The van der Waals surface area contributed by atoms with Crippen LogP contribution in [0.4, 0.5) is 0 Å². The van der Waals surface area contributed by atoms with Crippen LogP contribution in [-0.4, -0.2) is 34.0 Å². The van der Waals surface area contributed by atoms with E-state index in [1.165, 1.54) is 16.3 Å². The summed E-state index contributed by atoms with van der Waals surface area (Å²) in [5.41, 5.74) is 0.446. The summed E-state index contributed by atoms with van der Waals surface area (Å²) in [6.07, 6.45) is -0.609. The van der Waals surface area contributed by atoms with Gasteiger partial charge in [-0.2, -0.15) is 0 Å². The Labute approximate surface area is 178 Å². The quantitative estimate of drug-likeness (QED) is 0.482. The molecule has 7 nitrogen and oxygen atoms in total. The summed E-state index contributed by atoms with van der Waals surface area (Å²) in [4.78, 5) is 27.7. The number of ether oxygens (including phenoxy) is 2. The van der Waals surface area contributed by atoms with Crippen molar-refractivity contribution in [2.75, 3.05) is 13.2 Å². The Morgan fingerprint density at radius 3 is 2.40 bits per heavy atom. The zero-order valence-electron chi connectivity index (χ0n) is 16.6. The highest BCUT2D eigenvalue weighted by molar-refractivity contribution is 7.99. The first-order valence-electron chi connectivity index (χ1n) is 9.49. The van der Waals surface area contributed by atoms with E-state index >= 15 is 0 Å². The number of aliphatic hydroxyl groups excluding tert-OH is 1. The van der Waals surface area contributed by atoms with Crippen molar-refractivity contribution in [3.05, 3.63) is 92.6 Å². The van der Waals surface area contributed by atoms with Crippen molar-refractivity contribution in [2.24, 2.45) is 0 Å². The Bertz CT molecular complexity index is 1050. The van der Waals surface area contributed by atoms with Crippen molar-refractivity contribution in [3.63, 3.8) is 0 Å². The average Bonchev–Trinajstić information content (AvgIpc) is 2.77. The molecule has 0 aliphatic carbocycles. The second kappa shape index (κ2) is 10.9. The molecule has 0 saturated carbocycles. The van der Waals surface area contributed by atoms with Crippen LogP contribution in [0, 0.1) is 6.92 Å². The molecule has 0 amide bonds. The maximum Gasteiger partial charge on any atom is 0.331 e. The number of rotatable bonds is 10. The fourth-order valence-corrected chi connectivity index (χ4v) is 3.72. The molecule has 3 rings (SSSR count). The molecule has 0 unspecified atom stereocenters. The fraction of sp³-hybridized carbons (Fsp3) is 0.273. The predicted molar refractivity (Wildman–Crippen MR) is 115 cm³/mol. The van der Waals surface area contributed by atoms with Gasteiger partial charge in [0, 0.05) is 10.5 Å². The Morgan fingerprint density at radius 2 is 1.73 bits per heavy atom. The van der Waals surface area contributed by atoms with Crippen LogP contribution in [0.3, 0.4) is 0 Å². The highest BCUT2D eigenvalue weighted by atomic mass is 32.2. The van der Waals surface area contributed by atoms with Crippen LogP contribution in [0.15, 0.2) is 80.2 Å². The molecular formula is C22H24N2O5S. The lowest BCUT2D eigenvalue weighted by atomic mass is 10.2. The number of aromatic nitrogens is 2. The van der Waals surface area contributed by atoms with Crippen LogP contribution in [0.25, 0.3) is 0 Å². The molecule has 8 heteroatoms. The van der Waals surface area contributed by atoms with Gasteiger partial charge in [-0.1, -0.05) is 60.3 Å². The number of aromatic amines is 1. The van der Waals surface area contributed by atoms with E-state index in [9.17, 15) is 14.7 Å². The van der Waals surface area contributed by atoms with E-state index in [4.69, 9.17) is 9.47 Å². The maximum absolute atomic E-state index is 12.4. The van der Waals surface area contributed by atoms with Gasteiger partial charge in [-0.25, -0.2) is 4.79 Å². The molecule has 0 aliphatic rings. The summed E-state index contributed by atoms with van der Waals surface area (Å²) < 4.78 is 12.7. The molecule has 0 radical (unpaired) electrons. The molecule has 2 aromatic carbocycles. The van der Waals surface area contributed by atoms with Gasteiger partial charge in [-0.3, -0.25) is 14.3 Å². The van der Waals surface area contributed by atoms with E-state index in [2.05, 4.69) is 4.98 Å². The summed E-state index contributed by atoms with van der Waals surface area (Å²) in [7, 11) is 0. The van der Waals surface area contributed by atoms with Gasteiger partial charge in [-0.05, 0) is 24.6 Å². The van der Waals surface area contributed by atoms with Crippen LogP contribution in [0.5, 0.6) is 0 Å². The molecule has 2 N–H and O–H groups in total. The lowest BCUT2D eigenvalue weighted by Crippen LogP contribution is -2.35. The molecule has 0 aliphatic heterocycles. The topological polar surface area (TPSA) is 93.6 Å². The molecule has 3 aromatic rings. The van der Waals surface area contributed by atoms with Gasteiger partial charge in [-0.15, -0.1) is 0 Å². The van der Waals surface area contributed by atoms with E-state index in [1.807, 2.05) is 60.7 Å². The molecule has 30 heavy (non-hydrogen) atoms. The normalized spacial score (nSPS) is 12.1. The smallest absolute Gasteiger partial charge is 0.331 e. The molecule has 0 saturated heterocycles. The van der Waals surface area contributed by atoms with E-state index in [-0.39, 0.29) is 19.9 Å². The molecule has 1 heterocycles. The molecule has 0 bridgehead atoms. The minimum Gasteiger partial charge on any atom is -0.394 e. The van der Waals surface area contributed by atoms with Gasteiger partial charge in [0.05, 0.1) is 24.8 Å². The summed E-state index contributed by atoms with van der Waals surface area (Å²) in [5, 5.41) is 10.1. The number of H-pyrrole nitrogens is 1. The van der Waals surface area contributed by atoms with Gasteiger partial charge >= 0.3 is 5.69 Å². The van der Waals surface area contributed by atoms with Crippen LogP contribution < -0.4 is 11.2 Å². The largest absolute Gasteiger partial charge is 0.394 e. The van der Waals surface area contributed by atoms with Gasteiger partial charge < -0.3 is 14.6 Å². The molecule has 0 spiro atoms. The molecule has 0 fully saturated rings. The maximum atomic E-state index is 12.4. The van der Waals surface area contributed by atoms with Gasteiger partial charge in [0.1, 0.15) is 12.8 Å². The third-order valence-corrected chi connectivity index (χ3v) is 5.62. The number of benzene rings is 2. The van der Waals surface area contributed by atoms with Crippen molar-refractivity contribution in [2.45, 2.75) is 36.3 Å². The minimum absolute atomic E-state index is 0.120. The molecule has 158 valence electrons. The second-order valence-electron chi connectivity index (χ2n) is 6.63. The summed E-state index contributed by atoms with van der Waals surface area (Å²) >= 11 is 1.31. The van der Waals surface area contributed by atoms with Crippen LogP contribution >= 0.6 is 11.8 Å². The Hall–Kier alpha value is -2.65. The first kappa shape index (κ1) is 22.0. The van der Waals surface area contributed by atoms with Gasteiger partial charge in [0.25, 0.3) is 5.56 Å². The van der Waals surface area contributed by atoms with Crippen molar-refractivity contribution >= 4 is 11.8 Å². The lowest BCUT2D eigenvalue weighted by Gasteiger charge is -2.19. The van der Waals surface area contributed by atoms with E-state index < -0.39 is 17.4 Å². The highest BCUT2D eigenvalue weighted by Gasteiger charge is 2.16. The first-order valence-corrected chi connectivity index (χ1v) is 10.3.